The normalized spacial score (nSPS) is 15.0. The molecule has 0 saturated carbocycles. The Hall–Kier alpha value is -2.24. The van der Waals surface area contributed by atoms with Crippen molar-refractivity contribution in [2.24, 2.45) is 0 Å². The lowest BCUT2D eigenvalue weighted by Crippen LogP contribution is -2.44. The molecule has 1 saturated heterocycles. The van der Waals surface area contributed by atoms with Crippen LogP contribution in [-0.2, 0) is 0 Å². The Bertz CT molecular complexity index is 756. The molecule has 1 fully saturated rings. The minimum absolute atomic E-state index is 0.170. The first-order valence-corrected chi connectivity index (χ1v) is 9.22. The number of likely N-dealkylation sites (N-methyl/N-ethyl adjacent to an activating group) is 1. The molecule has 26 heavy (non-hydrogen) atoms. The predicted octanol–water partition coefficient (Wildman–Crippen LogP) is 3.74. The first-order chi connectivity index (χ1) is 12.6. The highest BCUT2D eigenvalue weighted by Crippen LogP contribution is 2.29. The van der Waals surface area contributed by atoms with Gasteiger partial charge < -0.3 is 19.9 Å². The van der Waals surface area contributed by atoms with E-state index in [0.29, 0.717) is 22.9 Å². The number of benzene rings is 2. The monoisotopic (exact) mass is 373 g/mol. The predicted molar refractivity (Wildman–Crippen MR) is 107 cm³/mol. The van der Waals surface area contributed by atoms with Crippen molar-refractivity contribution in [2.75, 3.05) is 50.1 Å². The maximum atomic E-state index is 12.4. The van der Waals surface area contributed by atoms with Gasteiger partial charge in [-0.1, -0.05) is 11.6 Å². The number of ether oxygens (including phenoxy) is 1. The van der Waals surface area contributed by atoms with Gasteiger partial charge in [-0.05, 0) is 56.4 Å². The van der Waals surface area contributed by atoms with E-state index in [-0.39, 0.29) is 5.91 Å². The van der Waals surface area contributed by atoms with Gasteiger partial charge in [0.2, 0.25) is 0 Å². The molecule has 1 aliphatic rings. The zero-order valence-electron chi connectivity index (χ0n) is 15.2. The van der Waals surface area contributed by atoms with Gasteiger partial charge in [-0.2, -0.15) is 0 Å². The average Bonchev–Trinajstić information content (AvgIpc) is 2.64. The van der Waals surface area contributed by atoms with Crippen molar-refractivity contribution in [1.29, 1.82) is 0 Å². The molecule has 2 aromatic rings. The summed E-state index contributed by atoms with van der Waals surface area (Å²) in [5.74, 6) is 0.583. The minimum atomic E-state index is -0.170. The van der Waals surface area contributed by atoms with Crippen LogP contribution >= 0.6 is 11.6 Å². The largest absolute Gasteiger partial charge is 0.494 e. The van der Waals surface area contributed by atoms with Crippen LogP contribution < -0.4 is 15.0 Å². The number of piperazine rings is 1. The minimum Gasteiger partial charge on any atom is -0.494 e. The number of halogens is 1. The molecule has 0 unspecified atom stereocenters. The lowest BCUT2D eigenvalue weighted by Gasteiger charge is -2.34. The molecule has 0 aromatic heterocycles. The highest BCUT2D eigenvalue weighted by molar-refractivity contribution is 6.33. The Morgan fingerprint density at radius 3 is 2.42 bits per heavy atom. The van der Waals surface area contributed by atoms with E-state index < -0.39 is 0 Å². The van der Waals surface area contributed by atoms with Crippen LogP contribution in [0.4, 0.5) is 11.4 Å². The third kappa shape index (κ3) is 4.48. The summed E-state index contributed by atoms with van der Waals surface area (Å²) in [5, 5.41) is 3.55. The number of amides is 1. The maximum Gasteiger partial charge on any atom is 0.255 e. The Labute approximate surface area is 159 Å². The van der Waals surface area contributed by atoms with Gasteiger partial charge in [-0.25, -0.2) is 0 Å². The molecule has 0 radical (unpaired) electrons. The van der Waals surface area contributed by atoms with Crippen LogP contribution in [0.3, 0.4) is 0 Å². The topological polar surface area (TPSA) is 44.8 Å². The Balaban J connectivity index is 1.66. The molecular weight excluding hydrogens is 350 g/mol. The first-order valence-electron chi connectivity index (χ1n) is 8.84. The van der Waals surface area contributed by atoms with Gasteiger partial charge in [-0.15, -0.1) is 0 Å². The second kappa shape index (κ2) is 8.43. The van der Waals surface area contributed by atoms with E-state index in [9.17, 15) is 4.79 Å². The molecule has 1 aliphatic heterocycles. The van der Waals surface area contributed by atoms with Crippen LogP contribution in [-0.4, -0.2) is 50.6 Å². The summed E-state index contributed by atoms with van der Waals surface area (Å²) in [6, 6.07) is 12.8. The van der Waals surface area contributed by atoms with Crippen molar-refractivity contribution in [3.63, 3.8) is 0 Å². The van der Waals surface area contributed by atoms with E-state index in [4.69, 9.17) is 16.3 Å². The third-order valence-corrected chi connectivity index (χ3v) is 4.78. The quantitative estimate of drug-likeness (QED) is 0.867. The molecule has 1 heterocycles. The number of carbonyl (C=O) groups excluding carboxylic acids is 1. The van der Waals surface area contributed by atoms with Gasteiger partial charge >= 0.3 is 0 Å². The van der Waals surface area contributed by atoms with E-state index in [1.807, 2.05) is 25.1 Å². The number of hydrogen-bond acceptors (Lipinski definition) is 4. The van der Waals surface area contributed by atoms with Crippen molar-refractivity contribution in [3.8, 4) is 5.75 Å². The summed E-state index contributed by atoms with van der Waals surface area (Å²) in [6.45, 7) is 6.47. The van der Waals surface area contributed by atoms with Crippen molar-refractivity contribution in [3.05, 3.63) is 53.1 Å². The van der Waals surface area contributed by atoms with E-state index in [1.165, 1.54) is 0 Å². The standard InChI is InChI=1S/C20H24ClN3O2/c1-3-26-17-7-4-15(5-8-17)20(25)22-16-6-9-19(18(21)14-16)24-12-10-23(2)11-13-24/h4-9,14H,3,10-13H2,1-2H3,(H,22,25). The highest BCUT2D eigenvalue weighted by Gasteiger charge is 2.17. The Morgan fingerprint density at radius 1 is 1.12 bits per heavy atom. The first kappa shape index (κ1) is 18.5. The second-order valence-corrected chi connectivity index (χ2v) is 6.78. The summed E-state index contributed by atoms with van der Waals surface area (Å²) in [4.78, 5) is 17.0. The van der Waals surface area contributed by atoms with Crippen LogP contribution in [0.25, 0.3) is 0 Å². The molecule has 0 atom stereocenters. The number of hydrogen-bond donors (Lipinski definition) is 1. The number of anilines is 2. The van der Waals surface area contributed by atoms with Gasteiger partial charge in [0.15, 0.2) is 0 Å². The number of carbonyl (C=O) groups is 1. The number of rotatable bonds is 5. The molecule has 1 amide bonds. The van der Waals surface area contributed by atoms with E-state index in [2.05, 4.69) is 22.2 Å². The number of nitrogens with zero attached hydrogens (tertiary/aromatic N) is 2. The summed E-state index contributed by atoms with van der Waals surface area (Å²) < 4.78 is 5.40. The fourth-order valence-electron chi connectivity index (χ4n) is 2.96. The Morgan fingerprint density at radius 2 is 1.81 bits per heavy atom. The zero-order valence-corrected chi connectivity index (χ0v) is 15.9. The average molecular weight is 374 g/mol. The summed E-state index contributed by atoms with van der Waals surface area (Å²) in [5.41, 5.74) is 2.28. The van der Waals surface area contributed by atoms with Crippen molar-refractivity contribution in [2.45, 2.75) is 6.92 Å². The van der Waals surface area contributed by atoms with Gasteiger partial charge in [0.1, 0.15) is 5.75 Å². The molecule has 3 rings (SSSR count). The zero-order chi connectivity index (χ0) is 18.5. The molecular formula is C20H24ClN3O2. The molecule has 6 heteroatoms. The van der Waals surface area contributed by atoms with Gasteiger partial charge in [-0.3, -0.25) is 4.79 Å². The van der Waals surface area contributed by atoms with Crippen molar-refractivity contribution >= 4 is 28.9 Å². The summed E-state index contributed by atoms with van der Waals surface area (Å²) >= 11 is 6.46. The SMILES string of the molecule is CCOc1ccc(C(=O)Nc2ccc(N3CCN(C)CC3)c(Cl)c2)cc1. The lowest BCUT2D eigenvalue weighted by atomic mass is 10.2. The molecule has 0 aliphatic carbocycles. The molecule has 0 bridgehead atoms. The van der Waals surface area contributed by atoms with Gasteiger partial charge in [0, 0.05) is 37.4 Å². The van der Waals surface area contributed by atoms with Crippen molar-refractivity contribution in [1.82, 2.24) is 4.90 Å². The van der Waals surface area contributed by atoms with Crippen LogP contribution in [0.15, 0.2) is 42.5 Å². The molecule has 0 spiro atoms. The van der Waals surface area contributed by atoms with Crippen LogP contribution in [0.2, 0.25) is 5.02 Å². The molecule has 2 aromatic carbocycles. The highest BCUT2D eigenvalue weighted by atomic mass is 35.5. The van der Waals surface area contributed by atoms with Crippen LogP contribution in [0.1, 0.15) is 17.3 Å². The smallest absolute Gasteiger partial charge is 0.255 e. The number of nitrogens with one attached hydrogen (secondary N) is 1. The summed E-state index contributed by atoms with van der Waals surface area (Å²) in [6.07, 6.45) is 0. The lowest BCUT2D eigenvalue weighted by molar-refractivity contribution is 0.102. The Kier molecular flexibility index (Phi) is 6.01. The van der Waals surface area contributed by atoms with E-state index >= 15 is 0 Å². The summed E-state index contributed by atoms with van der Waals surface area (Å²) in [7, 11) is 2.12. The van der Waals surface area contributed by atoms with Crippen molar-refractivity contribution < 1.29 is 9.53 Å². The van der Waals surface area contributed by atoms with Crippen LogP contribution in [0.5, 0.6) is 5.75 Å². The third-order valence-electron chi connectivity index (χ3n) is 4.48. The maximum absolute atomic E-state index is 12.4. The fourth-order valence-corrected chi connectivity index (χ4v) is 3.26. The molecule has 5 nitrogen and oxygen atoms in total. The molecule has 1 N–H and O–H groups in total. The van der Waals surface area contributed by atoms with Gasteiger partial charge in [0.25, 0.3) is 5.91 Å². The van der Waals surface area contributed by atoms with E-state index in [0.717, 1.165) is 37.6 Å². The van der Waals surface area contributed by atoms with Gasteiger partial charge in [0.05, 0.1) is 17.3 Å². The van der Waals surface area contributed by atoms with Crippen LogP contribution in [0, 0.1) is 0 Å². The second-order valence-electron chi connectivity index (χ2n) is 6.37. The fraction of sp³-hybridized carbons (Fsp3) is 0.350. The molecule has 138 valence electrons. The van der Waals surface area contributed by atoms with E-state index in [1.54, 1.807) is 24.3 Å².